The van der Waals surface area contributed by atoms with E-state index in [1.54, 1.807) is 6.07 Å². The number of amides is 1. The summed E-state index contributed by atoms with van der Waals surface area (Å²) in [7, 11) is 0. The molecule has 1 aromatic heterocycles. The van der Waals surface area contributed by atoms with Crippen molar-refractivity contribution in [3.8, 4) is 0 Å². The Kier molecular flexibility index (Phi) is 3.97. The minimum absolute atomic E-state index is 0.174. The highest BCUT2D eigenvalue weighted by Gasteiger charge is 2.27. The van der Waals surface area contributed by atoms with Crippen LogP contribution in [0, 0.1) is 18.8 Å². The lowest BCUT2D eigenvalue weighted by Crippen LogP contribution is -2.31. The largest absolute Gasteiger partial charge is 0.451 e. The number of fused-ring (bicyclic) bond motifs is 1. The van der Waals surface area contributed by atoms with E-state index in [2.05, 4.69) is 5.32 Å². The zero-order chi connectivity index (χ0) is 14.8. The van der Waals surface area contributed by atoms with Crippen molar-refractivity contribution in [2.45, 2.75) is 26.2 Å². The van der Waals surface area contributed by atoms with E-state index in [9.17, 15) is 9.90 Å². The van der Waals surface area contributed by atoms with E-state index in [1.807, 2.05) is 25.1 Å². The van der Waals surface area contributed by atoms with E-state index in [-0.39, 0.29) is 12.5 Å². The number of hydrogen-bond donors (Lipinski definition) is 2. The van der Waals surface area contributed by atoms with Crippen LogP contribution in [0.2, 0.25) is 0 Å². The van der Waals surface area contributed by atoms with Gasteiger partial charge in [-0.3, -0.25) is 4.79 Å². The summed E-state index contributed by atoms with van der Waals surface area (Å²) in [6.07, 6.45) is 3.27. The number of aliphatic hydroxyl groups excluding tert-OH is 1. The van der Waals surface area contributed by atoms with Gasteiger partial charge in [0.05, 0.1) is 0 Å². The molecule has 2 atom stereocenters. The average Bonchev–Trinajstić information content (AvgIpc) is 3.10. The monoisotopic (exact) mass is 287 g/mol. The molecule has 1 amide bonds. The van der Waals surface area contributed by atoms with Gasteiger partial charge in [0.2, 0.25) is 0 Å². The van der Waals surface area contributed by atoms with Crippen molar-refractivity contribution in [2.75, 3.05) is 13.2 Å². The summed E-state index contributed by atoms with van der Waals surface area (Å²) in [6, 6.07) is 7.66. The standard InChI is InChI=1S/C17H21NO3/c1-11-5-6-15-14(7-11)8-16(21-15)17(20)18-9-12-3-2-4-13(12)10-19/h5-8,12-13,19H,2-4,9-10H2,1H3,(H,18,20). The van der Waals surface area contributed by atoms with Gasteiger partial charge in [0.25, 0.3) is 5.91 Å². The van der Waals surface area contributed by atoms with Crippen molar-refractivity contribution in [1.82, 2.24) is 5.32 Å². The van der Waals surface area contributed by atoms with Crippen molar-refractivity contribution >= 4 is 16.9 Å². The molecule has 1 fully saturated rings. The van der Waals surface area contributed by atoms with Gasteiger partial charge in [-0.05, 0) is 49.8 Å². The van der Waals surface area contributed by atoms with E-state index in [4.69, 9.17) is 4.42 Å². The molecule has 2 aromatic rings. The lowest BCUT2D eigenvalue weighted by molar-refractivity contribution is 0.0912. The fraction of sp³-hybridized carbons (Fsp3) is 0.471. The first kappa shape index (κ1) is 14.1. The second-order valence-electron chi connectivity index (χ2n) is 6.00. The number of furan rings is 1. The third kappa shape index (κ3) is 2.95. The summed E-state index contributed by atoms with van der Waals surface area (Å²) in [5.74, 6) is 0.885. The average molecular weight is 287 g/mol. The van der Waals surface area contributed by atoms with E-state index < -0.39 is 0 Å². The third-order valence-electron chi connectivity index (χ3n) is 4.47. The zero-order valence-electron chi connectivity index (χ0n) is 12.3. The van der Waals surface area contributed by atoms with Crippen LogP contribution in [0.25, 0.3) is 11.0 Å². The van der Waals surface area contributed by atoms with E-state index in [0.29, 0.717) is 24.1 Å². The summed E-state index contributed by atoms with van der Waals surface area (Å²) in [5, 5.41) is 13.2. The molecule has 1 aliphatic rings. The summed E-state index contributed by atoms with van der Waals surface area (Å²) >= 11 is 0. The molecule has 0 aliphatic heterocycles. The van der Waals surface area contributed by atoms with E-state index in [0.717, 1.165) is 35.8 Å². The molecule has 0 saturated heterocycles. The maximum Gasteiger partial charge on any atom is 0.287 e. The van der Waals surface area contributed by atoms with Crippen molar-refractivity contribution < 1.29 is 14.3 Å². The van der Waals surface area contributed by atoms with Crippen molar-refractivity contribution in [3.63, 3.8) is 0 Å². The van der Waals surface area contributed by atoms with Gasteiger partial charge in [-0.25, -0.2) is 0 Å². The normalized spacial score (nSPS) is 21.8. The predicted octanol–water partition coefficient (Wildman–Crippen LogP) is 2.88. The number of carbonyl (C=O) groups excluding carboxylic acids is 1. The molecule has 21 heavy (non-hydrogen) atoms. The number of benzene rings is 1. The first-order valence-electron chi connectivity index (χ1n) is 7.56. The van der Waals surface area contributed by atoms with Crippen LogP contribution in [0.4, 0.5) is 0 Å². The van der Waals surface area contributed by atoms with Gasteiger partial charge in [-0.1, -0.05) is 18.1 Å². The second-order valence-corrected chi connectivity index (χ2v) is 6.00. The Morgan fingerprint density at radius 2 is 2.14 bits per heavy atom. The van der Waals surface area contributed by atoms with Crippen molar-refractivity contribution in [1.29, 1.82) is 0 Å². The third-order valence-corrected chi connectivity index (χ3v) is 4.47. The Bertz CT molecular complexity index is 647. The van der Waals surface area contributed by atoms with Gasteiger partial charge in [0.15, 0.2) is 5.76 Å². The van der Waals surface area contributed by atoms with Gasteiger partial charge in [-0.15, -0.1) is 0 Å². The Hall–Kier alpha value is -1.81. The van der Waals surface area contributed by atoms with Gasteiger partial charge in [-0.2, -0.15) is 0 Å². The Morgan fingerprint density at radius 1 is 1.33 bits per heavy atom. The number of hydrogen-bond acceptors (Lipinski definition) is 3. The number of aliphatic hydroxyl groups is 1. The highest BCUT2D eigenvalue weighted by atomic mass is 16.3. The molecular formula is C17H21NO3. The van der Waals surface area contributed by atoms with Crippen LogP contribution in [-0.2, 0) is 0 Å². The molecule has 1 heterocycles. The van der Waals surface area contributed by atoms with Gasteiger partial charge < -0.3 is 14.8 Å². The zero-order valence-corrected chi connectivity index (χ0v) is 12.3. The fourth-order valence-electron chi connectivity index (χ4n) is 3.21. The Morgan fingerprint density at radius 3 is 2.95 bits per heavy atom. The van der Waals surface area contributed by atoms with Gasteiger partial charge in [0, 0.05) is 18.5 Å². The van der Waals surface area contributed by atoms with Crippen LogP contribution in [-0.4, -0.2) is 24.2 Å². The van der Waals surface area contributed by atoms with Gasteiger partial charge in [0.1, 0.15) is 5.58 Å². The molecule has 0 radical (unpaired) electrons. The summed E-state index contributed by atoms with van der Waals surface area (Å²) in [6.45, 7) is 2.84. The van der Waals surface area contributed by atoms with Crippen molar-refractivity contribution in [2.24, 2.45) is 11.8 Å². The molecule has 112 valence electrons. The number of rotatable bonds is 4. The van der Waals surface area contributed by atoms with Crippen LogP contribution >= 0.6 is 0 Å². The van der Waals surface area contributed by atoms with Crippen LogP contribution in [0.3, 0.4) is 0 Å². The minimum Gasteiger partial charge on any atom is -0.451 e. The molecule has 0 bridgehead atoms. The first-order valence-corrected chi connectivity index (χ1v) is 7.56. The molecule has 3 rings (SSSR count). The fourth-order valence-corrected chi connectivity index (χ4v) is 3.21. The molecule has 4 heteroatoms. The van der Waals surface area contributed by atoms with Crippen LogP contribution in [0.1, 0.15) is 35.4 Å². The topological polar surface area (TPSA) is 62.5 Å². The highest BCUT2D eigenvalue weighted by molar-refractivity contribution is 5.96. The smallest absolute Gasteiger partial charge is 0.287 e. The summed E-state index contributed by atoms with van der Waals surface area (Å²) in [5.41, 5.74) is 1.88. The van der Waals surface area contributed by atoms with E-state index >= 15 is 0 Å². The highest BCUT2D eigenvalue weighted by Crippen LogP contribution is 2.30. The van der Waals surface area contributed by atoms with Crippen LogP contribution < -0.4 is 5.32 Å². The van der Waals surface area contributed by atoms with Gasteiger partial charge >= 0.3 is 0 Å². The summed E-state index contributed by atoms with van der Waals surface area (Å²) < 4.78 is 5.59. The lowest BCUT2D eigenvalue weighted by Gasteiger charge is -2.17. The Labute approximate surface area is 124 Å². The number of aryl methyl sites for hydroxylation is 1. The first-order chi connectivity index (χ1) is 10.2. The van der Waals surface area contributed by atoms with Crippen molar-refractivity contribution in [3.05, 3.63) is 35.6 Å². The molecule has 1 saturated carbocycles. The number of nitrogens with one attached hydrogen (secondary N) is 1. The lowest BCUT2D eigenvalue weighted by atomic mass is 9.97. The molecule has 1 aromatic carbocycles. The quantitative estimate of drug-likeness (QED) is 0.909. The second kappa shape index (κ2) is 5.90. The Balaban J connectivity index is 1.66. The number of carbonyl (C=O) groups is 1. The molecule has 2 unspecified atom stereocenters. The molecule has 1 aliphatic carbocycles. The minimum atomic E-state index is -0.174. The van der Waals surface area contributed by atoms with E-state index in [1.165, 1.54) is 0 Å². The SMILES string of the molecule is Cc1ccc2oc(C(=O)NCC3CCCC3CO)cc2c1. The molecule has 2 N–H and O–H groups in total. The molecule has 0 spiro atoms. The molecule has 4 nitrogen and oxygen atoms in total. The maximum atomic E-state index is 12.2. The maximum absolute atomic E-state index is 12.2. The van der Waals surface area contributed by atoms with Crippen LogP contribution in [0.5, 0.6) is 0 Å². The van der Waals surface area contributed by atoms with Crippen LogP contribution in [0.15, 0.2) is 28.7 Å². The summed E-state index contributed by atoms with van der Waals surface area (Å²) in [4.78, 5) is 12.2. The molecular weight excluding hydrogens is 266 g/mol. The predicted molar refractivity (Wildman–Crippen MR) is 81.2 cm³/mol.